The topological polar surface area (TPSA) is 101 Å². The molecule has 0 saturated carbocycles. The number of amides is 2. The number of urea groups is 1. The second-order valence-corrected chi connectivity index (χ2v) is 9.55. The molecule has 2 aromatic carbocycles. The molecule has 2 aliphatic heterocycles. The fraction of sp³-hybridized carbons (Fsp3) is 0.235. The number of sulfone groups is 1. The molecule has 2 heterocycles. The van der Waals surface area contributed by atoms with Gasteiger partial charge in [0.1, 0.15) is 0 Å². The fourth-order valence-electron chi connectivity index (χ4n) is 3.64. The molecule has 2 aromatic rings. The SMILES string of the molecule is O=C1N(c2ccc([N+](=O)[O-])cc2)[C@@H]2CS(=O)(=O)C[C@@H]2N1c1ccc(Br)cc1. The van der Waals surface area contributed by atoms with Crippen LogP contribution in [0.1, 0.15) is 0 Å². The van der Waals surface area contributed by atoms with Gasteiger partial charge in [-0.1, -0.05) is 15.9 Å². The average Bonchev–Trinajstić information content (AvgIpc) is 3.05. The van der Waals surface area contributed by atoms with Gasteiger partial charge in [-0.2, -0.15) is 0 Å². The molecule has 140 valence electrons. The summed E-state index contributed by atoms with van der Waals surface area (Å²) in [5.74, 6) is -0.240. The van der Waals surface area contributed by atoms with E-state index < -0.39 is 26.8 Å². The zero-order valence-electron chi connectivity index (χ0n) is 13.9. The predicted octanol–water partition coefficient (Wildman–Crippen LogP) is 2.97. The van der Waals surface area contributed by atoms with E-state index in [1.54, 1.807) is 24.3 Å². The number of nitro groups is 1. The van der Waals surface area contributed by atoms with Gasteiger partial charge in [0, 0.05) is 28.0 Å². The van der Waals surface area contributed by atoms with Gasteiger partial charge >= 0.3 is 6.03 Å². The van der Waals surface area contributed by atoms with E-state index in [0.29, 0.717) is 11.4 Å². The van der Waals surface area contributed by atoms with Crippen molar-refractivity contribution in [3.05, 3.63) is 63.1 Å². The Hall–Kier alpha value is -2.46. The summed E-state index contributed by atoms with van der Waals surface area (Å²) in [4.78, 5) is 26.4. The van der Waals surface area contributed by atoms with E-state index in [-0.39, 0.29) is 23.2 Å². The third-order valence-electron chi connectivity index (χ3n) is 4.81. The van der Waals surface area contributed by atoms with E-state index in [2.05, 4.69) is 15.9 Å². The van der Waals surface area contributed by atoms with Crippen LogP contribution in [0.5, 0.6) is 0 Å². The average molecular weight is 452 g/mol. The van der Waals surface area contributed by atoms with Gasteiger partial charge in [0.2, 0.25) is 0 Å². The van der Waals surface area contributed by atoms with E-state index in [1.165, 1.54) is 34.1 Å². The number of benzene rings is 2. The van der Waals surface area contributed by atoms with Crippen LogP contribution >= 0.6 is 15.9 Å². The van der Waals surface area contributed by atoms with Crippen LogP contribution in [0.15, 0.2) is 53.0 Å². The first-order chi connectivity index (χ1) is 12.8. The minimum atomic E-state index is -3.29. The Morgan fingerprint density at radius 1 is 0.926 bits per heavy atom. The minimum Gasteiger partial charge on any atom is -0.288 e. The molecule has 2 fully saturated rings. The monoisotopic (exact) mass is 451 g/mol. The maximum atomic E-state index is 13.1. The molecule has 0 N–H and O–H groups in total. The number of carbonyl (C=O) groups is 1. The molecule has 0 aromatic heterocycles. The Morgan fingerprint density at radius 2 is 1.37 bits per heavy atom. The van der Waals surface area contributed by atoms with Crippen LogP contribution in [0.25, 0.3) is 0 Å². The number of hydrogen-bond donors (Lipinski definition) is 0. The number of hydrogen-bond acceptors (Lipinski definition) is 5. The molecule has 2 atom stereocenters. The lowest BCUT2D eigenvalue weighted by Gasteiger charge is -2.22. The van der Waals surface area contributed by atoms with Crippen LogP contribution in [0.4, 0.5) is 21.9 Å². The van der Waals surface area contributed by atoms with Gasteiger partial charge in [-0.15, -0.1) is 0 Å². The Balaban J connectivity index is 1.76. The van der Waals surface area contributed by atoms with Gasteiger partial charge in [0.05, 0.1) is 28.5 Å². The molecule has 0 spiro atoms. The van der Waals surface area contributed by atoms with E-state index in [4.69, 9.17) is 0 Å². The van der Waals surface area contributed by atoms with Crippen LogP contribution in [0.3, 0.4) is 0 Å². The van der Waals surface area contributed by atoms with Crippen LogP contribution in [-0.4, -0.2) is 43.0 Å². The standard InChI is InChI=1S/C17H14BrN3O5S/c18-11-1-3-12(4-2-11)19-15-9-27(25,26)10-16(15)20(17(19)22)13-5-7-14(8-6-13)21(23)24/h1-8,15-16H,9-10H2/t15-,16+/m0/s1. The van der Waals surface area contributed by atoms with Crippen LogP contribution in [0.2, 0.25) is 0 Å². The smallest absolute Gasteiger partial charge is 0.288 e. The second kappa shape index (κ2) is 6.31. The molecular formula is C17H14BrN3O5S. The van der Waals surface area contributed by atoms with Crippen molar-refractivity contribution in [2.75, 3.05) is 21.3 Å². The van der Waals surface area contributed by atoms with Gasteiger partial charge < -0.3 is 0 Å². The van der Waals surface area contributed by atoms with Crippen molar-refractivity contribution in [1.29, 1.82) is 0 Å². The van der Waals surface area contributed by atoms with E-state index >= 15 is 0 Å². The number of non-ortho nitro benzene ring substituents is 1. The molecule has 0 bridgehead atoms. The van der Waals surface area contributed by atoms with Crippen LogP contribution < -0.4 is 9.80 Å². The molecule has 2 saturated heterocycles. The molecule has 10 heteroatoms. The van der Waals surface area contributed by atoms with Gasteiger partial charge in [-0.25, -0.2) is 13.2 Å². The fourth-order valence-corrected chi connectivity index (χ4v) is 5.83. The van der Waals surface area contributed by atoms with Crippen LogP contribution in [0, 0.1) is 10.1 Å². The predicted molar refractivity (Wildman–Crippen MR) is 104 cm³/mol. The van der Waals surface area contributed by atoms with Gasteiger partial charge in [0.15, 0.2) is 9.84 Å². The first kappa shape index (κ1) is 17.9. The van der Waals surface area contributed by atoms with Crippen molar-refractivity contribution in [2.45, 2.75) is 12.1 Å². The molecular weight excluding hydrogens is 438 g/mol. The highest BCUT2D eigenvalue weighted by Crippen LogP contribution is 2.38. The summed E-state index contributed by atoms with van der Waals surface area (Å²) >= 11 is 3.35. The largest absolute Gasteiger partial charge is 0.329 e. The third kappa shape index (κ3) is 3.08. The summed E-state index contributed by atoms with van der Waals surface area (Å²) < 4.78 is 25.3. The van der Waals surface area contributed by atoms with Crippen molar-refractivity contribution in [3.63, 3.8) is 0 Å². The molecule has 0 aliphatic carbocycles. The third-order valence-corrected chi connectivity index (χ3v) is 7.04. The van der Waals surface area contributed by atoms with Crippen molar-refractivity contribution in [3.8, 4) is 0 Å². The number of fused-ring (bicyclic) bond motifs is 1. The number of rotatable bonds is 3. The molecule has 27 heavy (non-hydrogen) atoms. The number of nitrogens with zero attached hydrogens (tertiary/aromatic N) is 3. The van der Waals surface area contributed by atoms with Crippen molar-refractivity contribution >= 4 is 48.9 Å². The number of halogens is 1. The summed E-state index contributed by atoms with van der Waals surface area (Å²) in [5, 5.41) is 10.9. The molecule has 0 unspecified atom stereocenters. The Labute approximate surface area is 163 Å². The molecule has 0 radical (unpaired) electrons. The van der Waals surface area contributed by atoms with E-state index in [9.17, 15) is 23.3 Å². The summed E-state index contributed by atoms with van der Waals surface area (Å²) in [7, 11) is -3.29. The minimum absolute atomic E-state index is 0.0919. The summed E-state index contributed by atoms with van der Waals surface area (Å²) in [6, 6.07) is 11.3. The Kier molecular flexibility index (Phi) is 4.19. The molecule has 4 rings (SSSR count). The maximum Gasteiger partial charge on any atom is 0.329 e. The lowest BCUT2D eigenvalue weighted by atomic mass is 10.1. The summed E-state index contributed by atoms with van der Waals surface area (Å²) in [6.07, 6.45) is 0. The van der Waals surface area contributed by atoms with Gasteiger partial charge in [-0.05, 0) is 36.4 Å². The number of anilines is 2. The van der Waals surface area contributed by atoms with E-state index in [1.807, 2.05) is 0 Å². The molecule has 2 aliphatic rings. The van der Waals surface area contributed by atoms with E-state index in [0.717, 1.165) is 4.47 Å². The summed E-state index contributed by atoms with van der Waals surface area (Å²) in [5.41, 5.74) is 0.961. The highest BCUT2D eigenvalue weighted by Gasteiger charge is 2.54. The second-order valence-electron chi connectivity index (χ2n) is 6.48. The lowest BCUT2D eigenvalue weighted by molar-refractivity contribution is -0.384. The first-order valence-corrected chi connectivity index (χ1v) is 10.7. The molecule has 8 nitrogen and oxygen atoms in total. The van der Waals surface area contributed by atoms with Crippen LogP contribution in [-0.2, 0) is 9.84 Å². The normalized spacial score (nSPS) is 23.5. The highest BCUT2D eigenvalue weighted by atomic mass is 79.9. The van der Waals surface area contributed by atoms with Gasteiger partial charge in [0.25, 0.3) is 5.69 Å². The van der Waals surface area contributed by atoms with Crippen molar-refractivity contribution in [2.24, 2.45) is 0 Å². The summed E-state index contributed by atoms with van der Waals surface area (Å²) in [6.45, 7) is 0. The van der Waals surface area contributed by atoms with Crippen molar-refractivity contribution in [1.82, 2.24) is 0 Å². The molecule has 2 amide bonds. The maximum absolute atomic E-state index is 13.1. The van der Waals surface area contributed by atoms with Crippen molar-refractivity contribution < 1.29 is 18.1 Å². The van der Waals surface area contributed by atoms with Gasteiger partial charge in [-0.3, -0.25) is 19.9 Å². The zero-order valence-corrected chi connectivity index (χ0v) is 16.3. The number of carbonyl (C=O) groups excluding carboxylic acids is 1. The zero-order chi connectivity index (χ0) is 19.3. The Bertz CT molecular complexity index is 1020. The first-order valence-electron chi connectivity index (χ1n) is 8.10. The number of nitro benzene ring substituents is 1. The lowest BCUT2D eigenvalue weighted by Crippen LogP contribution is -2.37. The quantitative estimate of drug-likeness (QED) is 0.405. The Morgan fingerprint density at radius 3 is 1.81 bits per heavy atom. The highest BCUT2D eigenvalue weighted by molar-refractivity contribution is 9.10.